The van der Waals surface area contributed by atoms with Gasteiger partial charge in [-0.15, -0.1) is 0 Å². The Kier molecular flexibility index (Phi) is 5.72. The average molecular weight is 345 g/mol. The van der Waals surface area contributed by atoms with Crippen LogP contribution >= 0.6 is 0 Å². The Balaban J connectivity index is 1.51. The Morgan fingerprint density at radius 2 is 2.28 bits per heavy atom. The molecule has 2 aromatic rings. The number of pyridine rings is 1. The number of nitrogens with zero attached hydrogens (tertiary/aromatic N) is 4. The quantitative estimate of drug-likeness (QED) is 0.807. The molecule has 3 heterocycles. The second kappa shape index (κ2) is 8.17. The Morgan fingerprint density at radius 1 is 1.48 bits per heavy atom. The maximum atomic E-state index is 12.3. The molecular formula is C17H23N5O3. The number of nitrogens with one attached hydrogen (secondary N) is 1. The summed E-state index contributed by atoms with van der Waals surface area (Å²) in [6, 6.07) is 3.65. The number of likely N-dealkylation sites (tertiary alicyclic amines) is 1. The van der Waals surface area contributed by atoms with Crippen LogP contribution in [0.3, 0.4) is 0 Å². The molecule has 3 rings (SSSR count). The normalized spacial score (nSPS) is 17.4. The summed E-state index contributed by atoms with van der Waals surface area (Å²) < 4.78 is 5.14. The van der Waals surface area contributed by atoms with Crippen molar-refractivity contribution in [3.8, 4) is 11.5 Å². The number of carbonyl (C=O) groups excluding carboxylic acids is 1. The molecule has 0 aliphatic carbocycles. The number of rotatable bonds is 6. The first-order chi connectivity index (χ1) is 12.2. The van der Waals surface area contributed by atoms with E-state index in [2.05, 4.69) is 25.3 Å². The molecule has 1 fully saturated rings. The van der Waals surface area contributed by atoms with E-state index < -0.39 is 0 Å². The van der Waals surface area contributed by atoms with Gasteiger partial charge in [0.2, 0.25) is 0 Å². The molecule has 0 saturated carbocycles. The Morgan fingerprint density at radius 3 is 2.96 bits per heavy atom. The molecule has 134 valence electrons. The van der Waals surface area contributed by atoms with Gasteiger partial charge in [-0.1, -0.05) is 12.1 Å². The number of amides is 1. The fourth-order valence-electron chi connectivity index (χ4n) is 2.86. The highest BCUT2D eigenvalue weighted by Gasteiger charge is 2.24. The molecule has 8 nitrogen and oxygen atoms in total. The maximum Gasteiger partial charge on any atom is 0.292 e. The van der Waals surface area contributed by atoms with Crippen molar-refractivity contribution < 1.29 is 14.4 Å². The molecule has 1 aliphatic rings. The van der Waals surface area contributed by atoms with Crippen LogP contribution < -0.4 is 5.32 Å². The third-order valence-electron chi connectivity index (χ3n) is 4.40. The molecule has 1 atom stereocenters. The number of hydrogen-bond donors (Lipinski definition) is 2. The molecule has 0 unspecified atom stereocenters. The van der Waals surface area contributed by atoms with E-state index in [1.807, 2.05) is 6.92 Å². The summed E-state index contributed by atoms with van der Waals surface area (Å²) in [6.07, 6.45) is 5.42. The van der Waals surface area contributed by atoms with Gasteiger partial charge in [-0.2, -0.15) is 4.98 Å². The minimum Gasteiger partial charge on any atom is -0.392 e. The lowest BCUT2D eigenvalue weighted by Crippen LogP contribution is -2.46. The van der Waals surface area contributed by atoms with E-state index in [1.54, 1.807) is 24.5 Å². The van der Waals surface area contributed by atoms with Crippen molar-refractivity contribution in [1.29, 1.82) is 0 Å². The van der Waals surface area contributed by atoms with E-state index in [0.29, 0.717) is 12.1 Å². The van der Waals surface area contributed by atoms with E-state index in [0.717, 1.165) is 32.4 Å². The molecule has 1 amide bonds. The molecule has 0 radical (unpaired) electrons. The molecule has 2 N–H and O–H groups in total. The predicted octanol–water partition coefficient (Wildman–Crippen LogP) is 1.10. The number of piperidine rings is 1. The van der Waals surface area contributed by atoms with Crippen LogP contribution in [0, 0.1) is 0 Å². The van der Waals surface area contributed by atoms with Gasteiger partial charge >= 0.3 is 0 Å². The van der Waals surface area contributed by atoms with Crippen molar-refractivity contribution in [2.75, 3.05) is 19.6 Å². The smallest absolute Gasteiger partial charge is 0.292 e. The third kappa shape index (κ3) is 4.61. The molecule has 25 heavy (non-hydrogen) atoms. The van der Waals surface area contributed by atoms with Crippen molar-refractivity contribution in [3.05, 3.63) is 30.4 Å². The van der Waals surface area contributed by atoms with Crippen LogP contribution in [-0.2, 0) is 0 Å². The highest BCUT2D eigenvalue weighted by atomic mass is 16.5. The number of carbonyl (C=O) groups is 1. The number of aliphatic hydroxyl groups is 1. The monoisotopic (exact) mass is 345 g/mol. The van der Waals surface area contributed by atoms with Crippen LogP contribution in [0.15, 0.2) is 29.0 Å². The van der Waals surface area contributed by atoms with Crippen LogP contribution in [0.1, 0.15) is 36.8 Å². The van der Waals surface area contributed by atoms with Crippen LogP contribution in [0.2, 0.25) is 0 Å². The van der Waals surface area contributed by atoms with Crippen molar-refractivity contribution in [2.45, 2.75) is 38.3 Å². The molecule has 0 aromatic carbocycles. The van der Waals surface area contributed by atoms with Crippen LogP contribution in [-0.4, -0.2) is 62.8 Å². The van der Waals surface area contributed by atoms with E-state index in [1.165, 1.54) is 0 Å². The summed E-state index contributed by atoms with van der Waals surface area (Å²) in [4.78, 5) is 22.7. The van der Waals surface area contributed by atoms with Gasteiger partial charge in [0.25, 0.3) is 17.6 Å². The van der Waals surface area contributed by atoms with E-state index >= 15 is 0 Å². The number of aromatic nitrogens is 3. The van der Waals surface area contributed by atoms with Gasteiger partial charge < -0.3 is 19.8 Å². The van der Waals surface area contributed by atoms with Gasteiger partial charge in [0.15, 0.2) is 0 Å². The first-order valence-electron chi connectivity index (χ1n) is 8.61. The zero-order valence-electron chi connectivity index (χ0n) is 14.3. The molecule has 2 aromatic heterocycles. The number of hydrogen-bond acceptors (Lipinski definition) is 7. The maximum absolute atomic E-state index is 12.3. The highest BCUT2D eigenvalue weighted by Crippen LogP contribution is 2.16. The van der Waals surface area contributed by atoms with Crippen LogP contribution in [0.4, 0.5) is 0 Å². The van der Waals surface area contributed by atoms with E-state index in [-0.39, 0.29) is 29.8 Å². The summed E-state index contributed by atoms with van der Waals surface area (Å²) in [5, 5.41) is 16.4. The lowest BCUT2D eigenvalue weighted by molar-refractivity contribution is 0.0810. The Hall–Kier alpha value is -2.32. The number of aliphatic hydroxyl groups excluding tert-OH is 1. The van der Waals surface area contributed by atoms with Gasteiger partial charge in [-0.05, 0) is 31.4 Å². The molecule has 0 spiro atoms. The second-order valence-electron chi connectivity index (χ2n) is 6.28. The molecule has 8 heteroatoms. The fraction of sp³-hybridized carbons (Fsp3) is 0.529. The van der Waals surface area contributed by atoms with Crippen LogP contribution in [0.25, 0.3) is 11.5 Å². The molecule has 1 saturated heterocycles. The van der Waals surface area contributed by atoms with Gasteiger partial charge in [-0.3, -0.25) is 9.78 Å². The van der Waals surface area contributed by atoms with Crippen LogP contribution in [0.5, 0.6) is 0 Å². The van der Waals surface area contributed by atoms with E-state index in [4.69, 9.17) is 4.52 Å². The lowest BCUT2D eigenvalue weighted by Gasteiger charge is -2.33. The molecule has 0 bridgehead atoms. The third-order valence-corrected chi connectivity index (χ3v) is 4.40. The molecule has 1 aliphatic heterocycles. The zero-order chi connectivity index (χ0) is 17.6. The summed E-state index contributed by atoms with van der Waals surface area (Å²) in [7, 11) is 0. The zero-order valence-corrected chi connectivity index (χ0v) is 14.3. The first kappa shape index (κ1) is 17.5. The Labute approximate surface area is 146 Å². The minimum absolute atomic E-state index is 0.0303. The van der Waals surface area contributed by atoms with Gasteiger partial charge in [0, 0.05) is 38.1 Å². The van der Waals surface area contributed by atoms with Crippen molar-refractivity contribution in [3.63, 3.8) is 0 Å². The standard InChI is InChI=1S/C17H23N5O3/c1-2-14(23)11-22-8-5-13(6-9-22)19-16(24)15-20-17(25-21-15)12-4-3-7-18-10-12/h3-4,7,10,13-14,23H,2,5-6,8-9,11H2,1H3,(H,19,24)/t14-/m0/s1. The van der Waals surface area contributed by atoms with Crippen molar-refractivity contribution >= 4 is 5.91 Å². The summed E-state index contributed by atoms with van der Waals surface area (Å²) in [5.74, 6) is -0.0183. The van der Waals surface area contributed by atoms with Gasteiger partial charge in [0.1, 0.15) is 0 Å². The van der Waals surface area contributed by atoms with E-state index in [9.17, 15) is 9.90 Å². The first-order valence-corrected chi connectivity index (χ1v) is 8.61. The summed E-state index contributed by atoms with van der Waals surface area (Å²) >= 11 is 0. The van der Waals surface area contributed by atoms with Crippen molar-refractivity contribution in [1.82, 2.24) is 25.3 Å². The summed E-state index contributed by atoms with van der Waals surface area (Å²) in [6.45, 7) is 4.38. The van der Waals surface area contributed by atoms with Gasteiger partial charge in [0.05, 0.1) is 11.7 Å². The average Bonchev–Trinajstić information content (AvgIpc) is 3.14. The topological polar surface area (TPSA) is 104 Å². The second-order valence-corrected chi connectivity index (χ2v) is 6.28. The Bertz CT molecular complexity index is 683. The molecular weight excluding hydrogens is 322 g/mol. The highest BCUT2D eigenvalue weighted by molar-refractivity contribution is 5.90. The predicted molar refractivity (Wildman–Crippen MR) is 90.8 cm³/mol. The largest absolute Gasteiger partial charge is 0.392 e. The summed E-state index contributed by atoms with van der Waals surface area (Å²) in [5.41, 5.74) is 0.678. The minimum atomic E-state index is -0.328. The fourth-order valence-corrected chi connectivity index (χ4v) is 2.86. The number of β-amino-alcohol motifs (C(OH)–C–C–N with tert-alkyl or cyclic N) is 1. The van der Waals surface area contributed by atoms with Gasteiger partial charge in [-0.25, -0.2) is 0 Å². The lowest BCUT2D eigenvalue weighted by atomic mass is 10.0. The van der Waals surface area contributed by atoms with Crippen molar-refractivity contribution in [2.24, 2.45) is 0 Å². The SMILES string of the molecule is CC[C@H](O)CN1CCC(NC(=O)c2noc(-c3cccnc3)n2)CC1.